The minimum Gasteiger partial charge on any atom is -0.466 e. The molecular formula is C34H36Cl2F3N3O3. The van der Waals surface area contributed by atoms with Crippen LogP contribution in [-0.4, -0.2) is 34.8 Å². The topological polar surface area (TPSA) is 73.2 Å². The number of halogens is 5. The number of fused-ring (bicyclic) bond motifs is 1. The van der Waals surface area contributed by atoms with Gasteiger partial charge in [0.05, 0.1) is 34.8 Å². The largest absolute Gasteiger partial charge is 0.466 e. The van der Waals surface area contributed by atoms with Crippen molar-refractivity contribution >= 4 is 46.0 Å². The second-order valence-electron chi connectivity index (χ2n) is 11.0. The van der Waals surface area contributed by atoms with E-state index in [1.54, 1.807) is 31.3 Å². The first-order chi connectivity index (χ1) is 21.4. The van der Waals surface area contributed by atoms with Gasteiger partial charge < -0.3 is 10.1 Å². The summed E-state index contributed by atoms with van der Waals surface area (Å²) in [5.74, 6) is -1.35. The Morgan fingerprint density at radius 2 is 1.64 bits per heavy atom. The number of amides is 1. The molecule has 1 aromatic heterocycles. The fraction of sp³-hybridized carbons (Fsp3) is 0.382. The molecule has 2 atom stereocenters. The van der Waals surface area contributed by atoms with Gasteiger partial charge in [0.15, 0.2) is 0 Å². The summed E-state index contributed by atoms with van der Waals surface area (Å²) in [4.78, 5) is 24.7. The molecule has 0 saturated carbocycles. The Balaban J connectivity index is 1.69. The molecule has 1 N–H and O–H groups in total. The predicted octanol–water partition coefficient (Wildman–Crippen LogP) is 9.08. The van der Waals surface area contributed by atoms with E-state index in [0.29, 0.717) is 40.2 Å². The van der Waals surface area contributed by atoms with Crippen LogP contribution in [0.4, 0.5) is 13.2 Å². The predicted molar refractivity (Wildman–Crippen MR) is 171 cm³/mol. The van der Waals surface area contributed by atoms with Gasteiger partial charge in [-0.2, -0.15) is 18.3 Å². The van der Waals surface area contributed by atoms with Crippen molar-refractivity contribution in [1.29, 1.82) is 0 Å². The van der Waals surface area contributed by atoms with E-state index >= 15 is 0 Å². The van der Waals surface area contributed by atoms with Crippen molar-refractivity contribution in [3.05, 3.63) is 98.7 Å². The van der Waals surface area contributed by atoms with Gasteiger partial charge in [0, 0.05) is 35.5 Å². The number of benzene rings is 3. The average molecular weight is 663 g/mol. The number of aryl methyl sites for hydroxylation is 1. The van der Waals surface area contributed by atoms with Crippen LogP contribution in [0.3, 0.4) is 0 Å². The van der Waals surface area contributed by atoms with Crippen molar-refractivity contribution in [2.24, 2.45) is 7.05 Å². The number of alkyl halides is 3. The van der Waals surface area contributed by atoms with Crippen molar-refractivity contribution in [3.8, 4) is 0 Å². The van der Waals surface area contributed by atoms with Gasteiger partial charge in [-0.1, -0.05) is 74.2 Å². The Hall–Kier alpha value is -3.56. The summed E-state index contributed by atoms with van der Waals surface area (Å²) in [6.07, 6.45) is -1.33. The van der Waals surface area contributed by atoms with E-state index in [0.717, 1.165) is 42.5 Å². The molecule has 1 heterocycles. The first-order valence-electron chi connectivity index (χ1n) is 15.0. The Morgan fingerprint density at radius 3 is 2.27 bits per heavy atom. The monoisotopic (exact) mass is 661 g/mol. The van der Waals surface area contributed by atoms with Gasteiger partial charge in [0.1, 0.15) is 0 Å². The number of hydrogen-bond donors (Lipinski definition) is 1. The zero-order chi connectivity index (χ0) is 32.7. The number of esters is 1. The number of unbranched alkanes of at least 4 members (excludes halogenated alkanes) is 1. The number of nitrogens with zero attached hydrogens (tertiary/aromatic N) is 2. The summed E-state index contributed by atoms with van der Waals surface area (Å²) in [6.45, 7) is 4.56. The maximum Gasteiger partial charge on any atom is 0.416 e. The summed E-state index contributed by atoms with van der Waals surface area (Å²) in [6, 6.07) is 16.4. The summed E-state index contributed by atoms with van der Waals surface area (Å²) >= 11 is 12.6. The lowest BCUT2D eigenvalue weighted by atomic mass is 9.76. The van der Waals surface area contributed by atoms with Gasteiger partial charge in [-0.3, -0.25) is 14.3 Å². The van der Waals surface area contributed by atoms with Gasteiger partial charge in [0.25, 0.3) is 5.91 Å². The molecule has 0 aliphatic rings. The van der Waals surface area contributed by atoms with Crippen LogP contribution < -0.4 is 5.32 Å². The first-order valence-corrected chi connectivity index (χ1v) is 15.7. The van der Waals surface area contributed by atoms with Crippen molar-refractivity contribution in [1.82, 2.24) is 15.1 Å². The fourth-order valence-corrected chi connectivity index (χ4v) is 6.00. The van der Waals surface area contributed by atoms with Gasteiger partial charge in [-0.05, 0) is 66.3 Å². The number of carbonyl (C=O) groups is 2. The van der Waals surface area contributed by atoms with Crippen molar-refractivity contribution in [3.63, 3.8) is 0 Å². The van der Waals surface area contributed by atoms with Crippen LogP contribution in [0.25, 0.3) is 10.9 Å². The molecule has 0 saturated heterocycles. The summed E-state index contributed by atoms with van der Waals surface area (Å²) < 4.78 is 48.3. The summed E-state index contributed by atoms with van der Waals surface area (Å²) in [5.41, 5.74) is 2.18. The lowest BCUT2D eigenvalue weighted by Gasteiger charge is -2.28. The average Bonchev–Trinajstić information content (AvgIpc) is 3.33. The van der Waals surface area contributed by atoms with Crippen LogP contribution in [0, 0.1) is 0 Å². The lowest BCUT2D eigenvalue weighted by molar-refractivity contribution is -0.143. The zero-order valence-electron chi connectivity index (χ0n) is 25.4. The number of hydrogen-bond acceptors (Lipinski definition) is 4. The third-order valence-corrected chi connectivity index (χ3v) is 8.29. The molecule has 4 aromatic rings. The molecule has 2 unspecified atom stereocenters. The molecule has 45 heavy (non-hydrogen) atoms. The lowest BCUT2D eigenvalue weighted by Crippen LogP contribution is -2.26. The highest BCUT2D eigenvalue weighted by Crippen LogP contribution is 2.45. The van der Waals surface area contributed by atoms with E-state index in [1.807, 2.05) is 38.1 Å². The zero-order valence-corrected chi connectivity index (χ0v) is 26.9. The second kappa shape index (κ2) is 15.1. The fourth-order valence-electron chi connectivity index (χ4n) is 5.53. The summed E-state index contributed by atoms with van der Waals surface area (Å²) in [5, 5.41) is 8.32. The van der Waals surface area contributed by atoms with Crippen molar-refractivity contribution < 1.29 is 27.5 Å². The second-order valence-corrected chi connectivity index (χ2v) is 11.8. The standard InChI is InChI=1S/C34H36Cl2F3N3O3/c1-4-6-18-45-29(43)16-17-40-33(44)23-10-8-21(9-11-23)26(7-5-2)30(22-12-14-25(35)15-13-22)31-27-19-24(34(37,38)39)20-28(36)32(27)42(3)41-31/h8-15,19-20,26,30H,4-7,16-18H2,1-3H3,(H,40,44). The smallest absolute Gasteiger partial charge is 0.416 e. The van der Waals surface area contributed by atoms with E-state index in [1.165, 1.54) is 4.68 Å². The molecule has 0 aliphatic heterocycles. The van der Waals surface area contributed by atoms with Gasteiger partial charge >= 0.3 is 12.1 Å². The Kier molecular flexibility index (Phi) is 11.6. The SMILES string of the molecule is CCCCOC(=O)CCNC(=O)c1ccc(C(CCC)C(c2ccc(Cl)cc2)c2nn(C)c3c(Cl)cc(C(F)(F)F)cc23)cc1. The van der Waals surface area contributed by atoms with Crippen LogP contribution in [0.15, 0.2) is 60.7 Å². The molecule has 0 fully saturated rings. The Labute approximate surface area is 270 Å². The highest BCUT2D eigenvalue weighted by molar-refractivity contribution is 6.35. The van der Waals surface area contributed by atoms with Crippen LogP contribution in [0.1, 0.15) is 90.5 Å². The third kappa shape index (κ3) is 8.38. The quantitative estimate of drug-likeness (QED) is 0.115. The molecule has 0 aliphatic carbocycles. The number of carbonyl (C=O) groups excluding carboxylic acids is 2. The number of ether oxygens (including phenoxy) is 1. The summed E-state index contributed by atoms with van der Waals surface area (Å²) in [7, 11) is 1.66. The van der Waals surface area contributed by atoms with E-state index in [4.69, 9.17) is 33.0 Å². The minimum atomic E-state index is -4.59. The van der Waals surface area contributed by atoms with Gasteiger partial charge in [-0.25, -0.2) is 0 Å². The maximum absolute atomic E-state index is 13.9. The van der Waals surface area contributed by atoms with E-state index in [2.05, 4.69) is 5.32 Å². The normalized spacial score (nSPS) is 13.1. The van der Waals surface area contributed by atoms with E-state index < -0.39 is 17.7 Å². The van der Waals surface area contributed by atoms with E-state index in [-0.39, 0.29) is 35.8 Å². The minimum absolute atomic E-state index is 0.0347. The van der Waals surface area contributed by atoms with Crippen LogP contribution >= 0.6 is 23.2 Å². The maximum atomic E-state index is 13.9. The van der Waals surface area contributed by atoms with Gasteiger partial charge in [-0.15, -0.1) is 0 Å². The molecule has 0 bridgehead atoms. The first kappa shape index (κ1) is 34.3. The molecule has 0 spiro atoms. The molecule has 6 nitrogen and oxygen atoms in total. The van der Waals surface area contributed by atoms with Crippen LogP contribution in [-0.2, 0) is 22.8 Å². The highest BCUT2D eigenvalue weighted by atomic mass is 35.5. The Morgan fingerprint density at radius 1 is 0.978 bits per heavy atom. The highest BCUT2D eigenvalue weighted by Gasteiger charge is 2.35. The van der Waals surface area contributed by atoms with Crippen LogP contribution in [0.5, 0.6) is 0 Å². The van der Waals surface area contributed by atoms with E-state index in [9.17, 15) is 22.8 Å². The van der Waals surface area contributed by atoms with Crippen molar-refractivity contribution in [2.75, 3.05) is 13.2 Å². The number of nitrogens with one attached hydrogen (secondary N) is 1. The van der Waals surface area contributed by atoms with Crippen molar-refractivity contribution in [2.45, 2.75) is 64.0 Å². The third-order valence-electron chi connectivity index (χ3n) is 7.75. The molecule has 1 amide bonds. The molecule has 11 heteroatoms. The molecular weight excluding hydrogens is 626 g/mol. The molecule has 0 radical (unpaired) electrons. The van der Waals surface area contributed by atoms with Gasteiger partial charge in [0.2, 0.25) is 0 Å². The Bertz CT molecular complexity index is 1620. The molecule has 4 rings (SSSR count). The molecule has 240 valence electrons. The van der Waals surface area contributed by atoms with Crippen LogP contribution in [0.2, 0.25) is 10.0 Å². The number of rotatable bonds is 13. The number of aromatic nitrogens is 2. The molecule has 3 aromatic carbocycles.